The van der Waals surface area contributed by atoms with Gasteiger partial charge in [-0.05, 0) is 17.5 Å². The van der Waals surface area contributed by atoms with Crippen molar-refractivity contribution >= 4 is 17.6 Å². The van der Waals surface area contributed by atoms with E-state index in [4.69, 9.17) is 4.74 Å². The van der Waals surface area contributed by atoms with Crippen molar-refractivity contribution in [1.82, 2.24) is 5.32 Å². The minimum absolute atomic E-state index is 0.155. The lowest BCUT2D eigenvalue weighted by molar-refractivity contribution is -0.119. The number of hydrogen-bond donors (Lipinski definition) is 1. The Labute approximate surface area is 118 Å². The molecule has 1 aromatic rings. The second kappa shape index (κ2) is 5.15. The van der Waals surface area contributed by atoms with Gasteiger partial charge in [-0.3, -0.25) is 4.79 Å². The Morgan fingerprint density at radius 2 is 1.90 bits per heavy atom. The summed E-state index contributed by atoms with van der Waals surface area (Å²) >= 11 is 0. The summed E-state index contributed by atoms with van der Waals surface area (Å²) in [5.74, 6) is 0.295. The Morgan fingerprint density at radius 1 is 1.25 bits per heavy atom. The monoisotopic (exact) mass is 276 g/mol. The molecule has 1 N–H and O–H groups in total. The van der Waals surface area contributed by atoms with Crippen LogP contribution in [0.25, 0.3) is 0 Å². The standard InChI is InChI=1S/C15H20N2O3/c1-15(2,3)12-9-13(18)17(14(19)16-12)10-7-5-6-8-11(10)20-4/h5-8,12H,9H2,1-4H3,(H,16,19). The van der Waals surface area contributed by atoms with Crippen LogP contribution in [0.2, 0.25) is 0 Å². The van der Waals surface area contributed by atoms with Gasteiger partial charge < -0.3 is 10.1 Å². The number of carbonyl (C=O) groups excluding carboxylic acids is 2. The number of benzene rings is 1. The molecule has 0 saturated carbocycles. The third-order valence-corrected chi connectivity index (χ3v) is 3.50. The minimum Gasteiger partial charge on any atom is -0.495 e. The number of urea groups is 1. The predicted molar refractivity (Wildman–Crippen MR) is 76.9 cm³/mol. The summed E-state index contributed by atoms with van der Waals surface area (Å²) in [4.78, 5) is 25.8. The lowest BCUT2D eigenvalue weighted by Crippen LogP contribution is -2.58. The molecule has 1 heterocycles. The maximum atomic E-state index is 12.3. The van der Waals surface area contributed by atoms with Gasteiger partial charge in [-0.15, -0.1) is 0 Å². The van der Waals surface area contributed by atoms with Gasteiger partial charge in [0.25, 0.3) is 0 Å². The lowest BCUT2D eigenvalue weighted by atomic mass is 9.83. The van der Waals surface area contributed by atoms with Gasteiger partial charge >= 0.3 is 6.03 Å². The maximum Gasteiger partial charge on any atom is 0.329 e. The number of imide groups is 1. The molecular formula is C15H20N2O3. The minimum atomic E-state index is -0.398. The molecule has 0 radical (unpaired) electrons. The SMILES string of the molecule is COc1ccccc1N1C(=O)CC(C(C)(C)C)NC1=O. The molecule has 1 unspecified atom stereocenters. The van der Waals surface area contributed by atoms with E-state index in [0.29, 0.717) is 11.4 Å². The van der Waals surface area contributed by atoms with Crippen LogP contribution in [0.4, 0.5) is 10.5 Å². The Balaban J connectivity index is 2.31. The van der Waals surface area contributed by atoms with Crippen LogP contribution in [0, 0.1) is 5.41 Å². The molecule has 5 heteroatoms. The molecule has 1 aliphatic heterocycles. The number of carbonyl (C=O) groups is 2. The van der Waals surface area contributed by atoms with Crippen molar-refractivity contribution in [1.29, 1.82) is 0 Å². The Hall–Kier alpha value is -2.04. The summed E-state index contributed by atoms with van der Waals surface area (Å²) in [5, 5.41) is 2.90. The van der Waals surface area contributed by atoms with E-state index < -0.39 is 6.03 Å². The third-order valence-electron chi connectivity index (χ3n) is 3.50. The van der Waals surface area contributed by atoms with Gasteiger partial charge in [0.15, 0.2) is 0 Å². The van der Waals surface area contributed by atoms with Crippen LogP contribution in [0.1, 0.15) is 27.2 Å². The smallest absolute Gasteiger partial charge is 0.329 e. The van der Waals surface area contributed by atoms with Gasteiger partial charge in [0.2, 0.25) is 5.91 Å². The average Bonchev–Trinajstić information content (AvgIpc) is 2.37. The number of nitrogens with zero attached hydrogens (tertiary/aromatic N) is 1. The highest BCUT2D eigenvalue weighted by Crippen LogP contribution is 2.32. The molecule has 1 atom stereocenters. The predicted octanol–water partition coefficient (Wildman–Crippen LogP) is 2.56. The Kier molecular flexibility index (Phi) is 3.70. The number of methoxy groups -OCH3 is 1. The van der Waals surface area contributed by atoms with Crippen molar-refractivity contribution in [2.24, 2.45) is 5.41 Å². The van der Waals surface area contributed by atoms with Gasteiger partial charge in [0.05, 0.1) is 12.8 Å². The number of ether oxygens (including phenoxy) is 1. The molecule has 0 aromatic heterocycles. The highest BCUT2D eigenvalue weighted by molar-refractivity contribution is 6.17. The van der Waals surface area contributed by atoms with Crippen molar-refractivity contribution in [3.05, 3.63) is 24.3 Å². The van der Waals surface area contributed by atoms with E-state index in [9.17, 15) is 9.59 Å². The zero-order valence-corrected chi connectivity index (χ0v) is 12.3. The first kappa shape index (κ1) is 14.4. The molecule has 1 saturated heterocycles. The number of amides is 3. The Bertz CT molecular complexity index is 516. The third kappa shape index (κ3) is 2.61. The van der Waals surface area contributed by atoms with Crippen LogP contribution < -0.4 is 15.0 Å². The number of anilines is 1. The molecule has 1 aliphatic rings. The van der Waals surface area contributed by atoms with Gasteiger partial charge in [-0.25, -0.2) is 9.69 Å². The van der Waals surface area contributed by atoms with E-state index in [1.54, 1.807) is 24.3 Å². The molecule has 1 aromatic carbocycles. The van der Waals surface area contributed by atoms with Crippen molar-refractivity contribution < 1.29 is 14.3 Å². The first-order chi connectivity index (χ1) is 9.34. The van der Waals surface area contributed by atoms with Gasteiger partial charge in [-0.1, -0.05) is 32.9 Å². The summed E-state index contributed by atoms with van der Waals surface area (Å²) in [5.41, 5.74) is 0.322. The Morgan fingerprint density at radius 3 is 2.45 bits per heavy atom. The van der Waals surface area contributed by atoms with E-state index in [1.165, 1.54) is 7.11 Å². The molecule has 20 heavy (non-hydrogen) atoms. The molecule has 2 rings (SSSR count). The number of hydrogen-bond acceptors (Lipinski definition) is 3. The van der Waals surface area contributed by atoms with Crippen LogP contribution in [0.15, 0.2) is 24.3 Å². The van der Waals surface area contributed by atoms with Crippen LogP contribution >= 0.6 is 0 Å². The van der Waals surface area contributed by atoms with E-state index in [-0.39, 0.29) is 23.8 Å². The lowest BCUT2D eigenvalue weighted by Gasteiger charge is -2.38. The summed E-state index contributed by atoms with van der Waals surface area (Å²) in [6.45, 7) is 6.01. The van der Waals surface area contributed by atoms with Gasteiger partial charge in [-0.2, -0.15) is 0 Å². The van der Waals surface area contributed by atoms with E-state index in [1.807, 2.05) is 20.8 Å². The molecule has 1 fully saturated rings. The van der Waals surface area contributed by atoms with Crippen molar-refractivity contribution in [2.45, 2.75) is 33.2 Å². The fourth-order valence-corrected chi connectivity index (χ4v) is 2.22. The fourth-order valence-electron chi connectivity index (χ4n) is 2.22. The van der Waals surface area contributed by atoms with Crippen LogP contribution in [0.3, 0.4) is 0 Å². The number of rotatable bonds is 2. The molecule has 108 valence electrons. The number of para-hydroxylation sites is 2. The van der Waals surface area contributed by atoms with Crippen molar-refractivity contribution in [3.8, 4) is 5.75 Å². The van der Waals surface area contributed by atoms with E-state index in [0.717, 1.165) is 4.90 Å². The van der Waals surface area contributed by atoms with Crippen molar-refractivity contribution in [2.75, 3.05) is 12.0 Å². The fraction of sp³-hybridized carbons (Fsp3) is 0.467. The quantitative estimate of drug-likeness (QED) is 0.903. The van der Waals surface area contributed by atoms with Crippen LogP contribution in [0.5, 0.6) is 5.75 Å². The van der Waals surface area contributed by atoms with Gasteiger partial charge in [0, 0.05) is 12.5 Å². The number of nitrogens with one attached hydrogen (secondary N) is 1. The second-order valence-electron chi connectivity index (χ2n) is 5.97. The van der Waals surface area contributed by atoms with Gasteiger partial charge in [0.1, 0.15) is 5.75 Å². The largest absolute Gasteiger partial charge is 0.495 e. The second-order valence-corrected chi connectivity index (χ2v) is 5.97. The molecule has 5 nitrogen and oxygen atoms in total. The molecule has 0 aliphatic carbocycles. The molecule has 0 bridgehead atoms. The highest BCUT2D eigenvalue weighted by atomic mass is 16.5. The maximum absolute atomic E-state index is 12.3. The van der Waals surface area contributed by atoms with Crippen LogP contribution in [-0.4, -0.2) is 25.1 Å². The summed E-state index contributed by atoms with van der Waals surface area (Å²) < 4.78 is 5.22. The zero-order chi connectivity index (χ0) is 14.9. The zero-order valence-electron chi connectivity index (χ0n) is 12.3. The summed E-state index contributed by atoms with van der Waals surface area (Å²) in [6, 6.07) is 6.44. The average molecular weight is 276 g/mol. The first-order valence-corrected chi connectivity index (χ1v) is 6.61. The van der Waals surface area contributed by atoms with E-state index >= 15 is 0 Å². The summed E-state index contributed by atoms with van der Waals surface area (Å²) in [6.07, 6.45) is 0.285. The topological polar surface area (TPSA) is 58.6 Å². The molecule has 0 spiro atoms. The molecular weight excluding hydrogens is 256 g/mol. The first-order valence-electron chi connectivity index (χ1n) is 6.61. The summed E-state index contributed by atoms with van der Waals surface area (Å²) in [7, 11) is 1.52. The molecule has 3 amide bonds. The highest BCUT2D eigenvalue weighted by Gasteiger charge is 2.39. The van der Waals surface area contributed by atoms with Crippen molar-refractivity contribution in [3.63, 3.8) is 0 Å². The van der Waals surface area contributed by atoms with Crippen LogP contribution in [-0.2, 0) is 4.79 Å². The van der Waals surface area contributed by atoms with E-state index in [2.05, 4.69) is 5.32 Å². The normalized spacial score (nSPS) is 19.8.